The van der Waals surface area contributed by atoms with E-state index in [1.807, 2.05) is 6.92 Å². The van der Waals surface area contributed by atoms with E-state index < -0.39 is 0 Å². The van der Waals surface area contributed by atoms with Crippen LogP contribution in [0.4, 0.5) is 4.39 Å². The number of ether oxygens (including phenoxy) is 1. The summed E-state index contributed by atoms with van der Waals surface area (Å²) in [6.45, 7) is 2.48. The highest BCUT2D eigenvalue weighted by molar-refractivity contribution is 5.94. The van der Waals surface area contributed by atoms with Gasteiger partial charge in [-0.05, 0) is 68.1 Å². The summed E-state index contributed by atoms with van der Waals surface area (Å²) in [5, 5.41) is 2.75. The molecule has 0 spiro atoms. The monoisotopic (exact) mass is 299 g/mol. The van der Waals surface area contributed by atoms with Crippen LogP contribution in [0.5, 0.6) is 11.5 Å². The van der Waals surface area contributed by atoms with Crippen molar-refractivity contribution >= 4 is 5.91 Å². The molecule has 1 N–H and O–H groups in total. The molecule has 0 saturated carbocycles. The highest BCUT2D eigenvalue weighted by Gasteiger charge is 2.20. The van der Waals surface area contributed by atoms with Crippen LogP contribution in [-0.2, 0) is 12.8 Å². The van der Waals surface area contributed by atoms with Crippen LogP contribution >= 0.6 is 0 Å². The second-order valence-electron chi connectivity index (χ2n) is 5.34. The standard InChI is InChI=1S/C18H18FNO2/c1-2-20-18(21)12-6-8-13(9-7-12)22-17-11-10-16(19)14-4-3-5-15(14)17/h6-11H,2-5H2,1H3,(H,20,21). The van der Waals surface area contributed by atoms with E-state index in [1.54, 1.807) is 30.3 Å². The molecule has 0 aliphatic heterocycles. The molecule has 0 fully saturated rings. The molecule has 1 amide bonds. The van der Waals surface area contributed by atoms with Crippen molar-refractivity contribution in [2.24, 2.45) is 0 Å². The predicted molar refractivity (Wildman–Crippen MR) is 82.9 cm³/mol. The van der Waals surface area contributed by atoms with Gasteiger partial charge in [-0.3, -0.25) is 4.79 Å². The van der Waals surface area contributed by atoms with Crippen molar-refractivity contribution in [2.45, 2.75) is 26.2 Å². The molecule has 0 atom stereocenters. The third-order valence-electron chi connectivity index (χ3n) is 3.87. The van der Waals surface area contributed by atoms with E-state index in [0.717, 1.165) is 30.4 Å². The Morgan fingerprint density at radius 3 is 2.59 bits per heavy atom. The lowest BCUT2D eigenvalue weighted by Gasteiger charge is -2.11. The van der Waals surface area contributed by atoms with Crippen molar-refractivity contribution in [2.75, 3.05) is 6.54 Å². The second kappa shape index (κ2) is 6.18. The molecule has 0 bridgehead atoms. The van der Waals surface area contributed by atoms with Crippen LogP contribution in [0, 0.1) is 5.82 Å². The summed E-state index contributed by atoms with van der Waals surface area (Å²) >= 11 is 0. The van der Waals surface area contributed by atoms with Gasteiger partial charge in [0.05, 0.1) is 0 Å². The summed E-state index contributed by atoms with van der Waals surface area (Å²) < 4.78 is 19.6. The van der Waals surface area contributed by atoms with Crippen LogP contribution in [0.25, 0.3) is 0 Å². The molecular weight excluding hydrogens is 281 g/mol. The van der Waals surface area contributed by atoms with Gasteiger partial charge in [0.1, 0.15) is 17.3 Å². The minimum atomic E-state index is -0.147. The Morgan fingerprint density at radius 1 is 1.14 bits per heavy atom. The molecule has 1 aliphatic carbocycles. The predicted octanol–water partition coefficient (Wildman–Crippen LogP) is 3.86. The zero-order chi connectivity index (χ0) is 15.5. The minimum absolute atomic E-state index is 0.100. The Morgan fingerprint density at radius 2 is 1.86 bits per heavy atom. The Balaban J connectivity index is 1.80. The molecule has 2 aromatic rings. The minimum Gasteiger partial charge on any atom is -0.457 e. The van der Waals surface area contributed by atoms with Crippen molar-refractivity contribution in [3.05, 3.63) is 58.9 Å². The van der Waals surface area contributed by atoms with Crippen molar-refractivity contribution in [1.82, 2.24) is 5.32 Å². The SMILES string of the molecule is CCNC(=O)c1ccc(Oc2ccc(F)c3c2CCC3)cc1. The fourth-order valence-electron chi connectivity index (χ4n) is 2.79. The second-order valence-corrected chi connectivity index (χ2v) is 5.34. The molecule has 0 unspecified atom stereocenters. The number of rotatable bonds is 4. The highest BCUT2D eigenvalue weighted by Crippen LogP contribution is 2.35. The lowest BCUT2D eigenvalue weighted by atomic mass is 10.1. The number of hydrogen-bond donors (Lipinski definition) is 1. The van der Waals surface area contributed by atoms with Crippen molar-refractivity contribution in [3.8, 4) is 11.5 Å². The number of nitrogens with one attached hydrogen (secondary N) is 1. The van der Waals surface area contributed by atoms with Crippen LogP contribution in [0.2, 0.25) is 0 Å². The number of halogens is 1. The first kappa shape index (κ1) is 14.6. The summed E-state index contributed by atoms with van der Waals surface area (Å²) in [5.41, 5.74) is 2.34. The summed E-state index contributed by atoms with van der Waals surface area (Å²) in [7, 11) is 0. The van der Waals surface area contributed by atoms with Crippen molar-refractivity contribution in [3.63, 3.8) is 0 Å². The molecule has 3 rings (SSSR count). The number of benzene rings is 2. The third-order valence-corrected chi connectivity index (χ3v) is 3.87. The lowest BCUT2D eigenvalue weighted by Crippen LogP contribution is -2.22. The van der Waals surface area contributed by atoms with Crippen LogP contribution in [0.1, 0.15) is 34.8 Å². The largest absolute Gasteiger partial charge is 0.457 e. The number of amides is 1. The van der Waals surface area contributed by atoms with Gasteiger partial charge in [0.15, 0.2) is 0 Å². The van der Waals surface area contributed by atoms with Crippen molar-refractivity contribution < 1.29 is 13.9 Å². The number of hydrogen-bond acceptors (Lipinski definition) is 2. The zero-order valence-electron chi connectivity index (χ0n) is 12.5. The van der Waals surface area contributed by atoms with E-state index >= 15 is 0 Å². The molecule has 1 aliphatic rings. The van der Waals surface area contributed by atoms with Gasteiger partial charge >= 0.3 is 0 Å². The first-order chi connectivity index (χ1) is 10.7. The van der Waals surface area contributed by atoms with Gasteiger partial charge in [0.25, 0.3) is 5.91 Å². The Bertz CT molecular complexity index is 695. The van der Waals surface area contributed by atoms with Gasteiger partial charge in [0, 0.05) is 17.7 Å². The number of carbonyl (C=O) groups excluding carboxylic acids is 1. The summed E-state index contributed by atoms with van der Waals surface area (Å²) in [6, 6.07) is 10.1. The zero-order valence-corrected chi connectivity index (χ0v) is 12.5. The lowest BCUT2D eigenvalue weighted by molar-refractivity contribution is 0.0956. The maximum atomic E-state index is 13.7. The van der Waals surface area contributed by atoms with Crippen LogP contribution < -0.4 is 10.1 Å². The van der Waals surface area contributed by atoms with Gasteiger partial charge in [-0.15, -0.1) is 0 Å². The molecule has 0 radical (unpaired) electrons. The van der Waals surface area contributed by atoms with Crippen LogP contribution in [0.3, 0.4) is 0 Å². The molecular formula is C18H18FNO2. The summed E-state index contributed by atoms with van der Waals surface area (Å²) in [6.07, 6.45) is 2.58. The van der Waals surface area contributed by atoms with E-state index in [4.69, 9.17) is 4.74 Å². The normalized spacial score (nSPS) is 12.8. The molecule has 0 saturated heterocycles. The first-order valence-electron chi connectivity index (χ1n) is 7.55. The van der Waals surface area contributed by atoms with Gasteiger partial charge in [-0.2, -0.15) is 0 Å². The molecule has 114 valence electrons. The summed E-state index contributed by atoms with van der Waals surface area (Å²) in [5.74, 6) is 1.11. The highest BCUT2D eigenvalue weighted by atomic mass is 19.1. The fourth-order valence-corrected chi connectivity index (χ4v) is 2.79. The van der Waals surface area contributed by atoms with E-state index in [9.17, 15) is 9.18 Å². The summed E-state index contributed by atoms with van der Waals surface area (Å²) in [4.78, 5) is 11.7. The smallest absolute Gasteiger partial charge is 0.251 e. The van der Waals surface area contributed by atoms with Gasteiger partial charge in [0.2, 0.25) is 0 Å². The third kappa shape index (κ3) is 2.82. The quantitative estimate of drug-likeness (QED) is 0.931. The first-order valence-corrected chi connectivity index (χ1v) is 7.55. The molecule has 2 aromatic carbocycles. The van der Waals surface area contributed by atoms with E-state index in [1.165, 1.54) is 6.07 Å². The van der Waals surface area contributed by atoms with Crippen molar-refractivity contribution in [1.29, 1.82) is 0 Å². The molecule has 0 heterocycles. The maximum Gasteiger partial charge on any atom is 0.251 e. The van der Waals surface area contributed by atoms with Crippen LogP contribution in [-0.4, -0.2) is 12.5 Å². The van der Waals surface area contributed by atoms with Gasteiger partial charge in [-0.1, -0.05) is 0 Å². The average molecular weight is 299 g/mol. The topological polar surface area (TPSA) is 38.3 Å². The molecule has 0 aromatic heterocycles. The molecule has 3 nitrogen and oxygen atoms in total. The van der Waals surface area contributed by atoms with Crippen LogP contribution in [0.15, 0.2) is 36.4 Å². The van der Waals surface area contributed by atoms with E-state index in [-0.39, 0.29) is 11.7 Å². The Hall–Kier alpha value is -2.36. The van der Waals surface area contributed by atoms with E-state index in [0.29, 0.717) is 23.6 Å². The van der Waals surface area contributed by atoms with Gasteiger partial charge < -0.3 is 10.1 Å². The van der Waals surface area contributed by atoms with E-state index in [2.05, 4.69) is 5.32 Å². The molecule has 4 heteroatoms. The number of carbonyl (C=O) groups is 1. The Labute approximate surface area is 129 Å². The average Bonchev–Trinajstić information content (AvgIpc) is 3.02. The number of fused-ring (bicyclic) bond motifs is 1. The molecule has 22 heavy (non-hydrogen) atoms. The fraction of sp³-hybridized carbons (Fsp3) is 0.278. The Kier molecular flexibility index (Phi) is 4.09. The van der Waals surface area contributed by atoms with Gasteiger partial charge in [-0.25, -0.2) is 4.39 Å². The maximum absolute atomic E-state index is 13.7.